The van der Waals surface area contributed by atoms with E-state index >= 15 is 0 Å². The average molecular weight is 638 g/mol. The zero-order chi connectivity index (χ0) is 32.7. The zero-order valence-corrected chi connectivity index (χ0v) is 28.7. The SMILES string of the molecule is CCCCOC[C@@]1(CO[Si](c2ccccc2)(c2ccccc2)C(C)(C)C)O[C@@H](n2cc(C)c(=O)[nH]c2=O)C(N)C1OCCCC. The number of nitrogens with two attached hydrogens (primary N) is 1. The largest absolute Gasteiger partial charge is 0.404 e. The van der Waals surface area contributed by atoms with Gasteiger partial charge >= 0.3 is 5.69 Å². The summed E-state index contributed by atoms with van der Waals surface area (Å²) in [6.45, 7) is 13.9. The number of hydrogen-bond acceptors (Lipinski definition) is 7. The Kier molecular flexibility index (Phi) is 11.8. The van der Waals surface area contributed by atoms with Gasteiger partial charge in [-0.25, -0.2) is 4.79 Å². The summed E-state index contributed by atoms with van der Waals surface area (Å²) >= 11 is 0. The van der Waals surface area contributed by atoms with Crippen molar-refractivity contribution in [2.75, 3.05) is 26.4 Å². The molecule has 1 aliphatic rings. The van der Waals surface area contributed by atoms with Gasteiger partial charge in [-0.3, -0.25) is 14.3 Å². The van der Waals surface area contributed by atoms with E-state index in [1.165, 1.54) is 10.8 Å². The van der Waals surface area contributed by atoms with Crippen LogP contribution in [-0.4, -0.2) is 62.0 Å². The van der Waals surface area contributed by atoms with Crippen molar-refractivity contribution >= 4 is 18.7 Å². The summed E-state index contributed by atoms with van der Waals surface area (Å²) in [5.41, 5.74) is 5.16. The van der Waals surface area contributed by atoms with Crippen LogP contribution in [0.15, 0.2) is 76.4 Å². The smallest absolute Gasteiger partial charge is 0.330 e. The Hall–Kier alpha value is -2.86. The molecule has 0 amide bonds. The van der Waals surface area contributed by atoms with Crippen molar-refractivity contribution in [2.24, 2.45) is 5.73 Å². The van der Waals surface area contributed by atoms with Gasteiger partial charge in [0.25, 0.3) is 13.9 Å². The van der Waals surface area contributed by atoms with Crippen LogP contribution in [0.25, 0.3) is 0 Å². The Morgan fingerprint density at radius 1 is 0.933 bits per heavy atom. The van der Waals surface area contributed by atoms with Gasteiger partial charge in [0, 0.05) is 25.0 Å². The number of aromatic amines is 1. The Bertz CT molecular complexity index is 1430. The molecule has 0 spiro atoms. The molecule has 2 heterocycles. The molecular weight excluding hydrogens is 586 g/mol. The molecule has 1 saturated heterocycles. The molecule has 2 unspecified atom stereocenters. The van der Waals surface area contributed by atoms with Crippen molar-refractivity contribution < 1.29 is 18.6 Å². The van der Waals surface area contributed by atoms with Gasteiger partial charge in [0.15, 0.2) is 6.23 Å². The first-order valence-corrected chi connectivity index (χ1v) is 18.1. The number of unbranched alkanes of at least 4 members (excludes halogenated alkanes) is 2. The molecule has 3 N–H and O–H groups in total. The molecule has 45 heavy (non-hydrogen) atoms. The van der Waals surface area contributed by atoms with Crippen molar-refractivity contribution in [3.05, 3.63) is 93.3 Å². The summed E-state index contributed by atoms with van der Waals surface area (Å²) < 4.78 is 28.5. The molecule has 9 nitrogen and oxygen atoms in total. The molecule has 4 rings (SSSR count). The predicted molar refractivity (Wildman–Crippen MR) is 181 cm³/mol. The van der Waals surface area contributed by atoms with Crippen LogP contribution in [-0.2, 0) is 18.6 Å². The fourth-order valence-corrected chi connectivity index (χ4v) is 10.9. The van der Waals surface area contributed by atoms with Crippen LogP contribution in [0.5, 0.6) is 0 Å². The highest BCUT2D eigenvalue weighted by Crippen LogP contribution is 2.42. The van der Waals surface area contributed by atoms with E-state index in [-0.39, 0.29) is 18.3 Å². The third-order valence-corrected chi connectivity index (χ3v) is 13.7. The fraction of sp³-hybridized carbons (Fsp3) is 0.543. The second kappa shape index (κ2) is 15.2. The maximum atomic E-state index is 13.1. The lowest BCUT2D eigenvalue weighted by Crippen LogP contribution is -2.68. The van der Waals surface area contributed by atoms with Crippen LogP contribution in [0.3, 0.4) is 0 Å². The zero-order valence-electron chi connectivity index (χ0n) is 27.7. The third kappa shape index (κ3) is 7.42. The van der Waals surface area contributed by atoms with Gasteiger partial charge in [0.2, 0.25) is 0 Å². The number of nitrogens with one attached hydrogen (secondary N) is 1. The van der Waals surface area contributed by atoms with Crippen LogP contribution in [0.1, 0.15) is 72.1 Å². The van der Waals surface area contributed by atoms with Gasteiger partial charge in [-0.15, -0.1) is 0 Å². The normalized spacial score (nSPS) is 22.2. The van der Waals surface area contributed by atoms with E-state index < -0.39 is 43.5 Å². The average Bonchev–Trinajstić information content (AvgIpc) is 3.29. The van der Waals surface area contributed by atoms with Gasteiger partial charge in [0.05, 0.1) is 19.3 Å². The van der Waals surface area contributed by atoms with Crippen molar-refractivity contribution in [1.82, 2.24) is 9.55 Å². The lowest BCUT2D eigenvalue weighted by molar-refractivity contribution is -0.168. The number of ether oxygens (including phenoxy) is 3. The van der Waals surface area contributed by atoms with Crippen molar-refractivity contribution in [3.63, 3.8) is 0 Å². The van der Waals surface area contributed by atoms with Crippen molar-refractivity contribution in [3.8, 4) is 0 Å². The lowest BCUT2D eigenvalue weighted by Gasteiger charge is -2.45. The first-order chi connectivity index (χ1) is 21.5. The summed E-state index contributed by atoms with van der Waals surface area (Å²) in [6, 6.07) is 20.1. The van der Waals surface area contributed by atoms with E-state index in [4.69, 9.17) is 24.4 Å². The topological polar surface area (TPSA) is 118 Å². The number of aromatic nitrogens is 2. The molecule has 0 radical (unpaired) electrons. The number of hydrogen-bond donors (Lipinski definition) is 2. The van der Waals surface area contributed by atoms with Gasteiger partial charge in [-0.05, 0) is 35.2 Å². The Balaban J connectivity index is 1.85. The van der Waals surface area contributed by atoms with Crippen LogP contribution < -0.4 is 27.4 Å². The number of rotatable bonds is 15. The van der Waals surface area contributed by atoms with E-state index in [0.29, 0.717) is 18.8 Å². The summed E-state index contributed by atoms with van der Waals surface area (Å²) in [4.78, 5) is 27.7. The number of H-pyrrole nitrogens is 1. The van der Waals surface area contributed by atoms with E-state index in [1.807, 2.05) is 12.1 Å². The predicted octanol–water partition coefficient (Wildman–Crippen LogP) is 4.02. The van der Waals surface area contributed by atoms with Crippen LogP contribution in [0.4, 0.5) is 0 Å². The van der Waals surface area contributed by atoms with Crippen molar-refractivity contribution in [1.29, 1.82) is 0 Å². The highest BCUT2D eigenvalue weighted by atomic mass is 28.4. The minimum atomic E-state index is -2.98. The maximum absolute atomic E-state index is 13.1. The lowest BCUT2D eigenvalue weighted by atomic mass is 9.95. The molecule has 0 aliphatic carbocycles. The van der Waals surface area contributed by atoms with E-state index in [2.05, 4.69) is 88.1 Å². The molecule has 3 aromatic rings. The third-order valence-electron chi connectivity index (χ3n) is 8.71. The molecule has 0 bridgehead atoms. The van der Waals surface area contributed by atoms with E-state index in [9.17, 15) is 9.59 Å². The van der Waals surface area contributed by atoms with Crippen LogP contribution in [0, 0.1) is 6.92 Å². The maximum Gasteiger partial charge on any atom is 0.330 e. The quantitative estimate of drug-likeness (QED) is 0.191. The Morgan fingerprint density at radius 2 is 1.51 bits per heavy atom. The Morgan fingerprint density at radius 3 is 2.07 bits per heavy atom. The molecule has 10 heteroatoms. The molecule has 2 aromatic carbocycles. The number of nitrogens with zero attached hydrogens (tertiary/aromatic N) is 1. The van der Waals surface area contributed by atoms with Gasteiger partial charge < -0.3 is 24.4 Å². The molecule has 246 valence electrons. The number of aryl methyl sites for hydroxylation is 1. The van der Waals surface area contributed by atoms with Gasteiger partial charge in [0.1, 0.15) is 11.7 Å². The summed E-state index contributed by atoms with van der Waals surface area (Å²) in [5, 5.41) is 2.01. The molecule has 1 fully saturated rings. The second-order valence-corrected chi connectivity index (χ2v) is 17.4. The summed E-state index contributed by atoms with van der Waals surface area (Å²) in [5.74, 6) is 0. The fourth-order valence-electron chi connectivity index (χ4n) is 6.28. The molecule has 0 saturated carbocycles. The van der Waals surface area contributed by atoms with Crippen LogP contribution in [0.2, 0.25) is 5.04 Å². The molecule has 1 aliphatic heterocycles. The molecule has 1 aromatic heterocycles. The number of benzene rings is 2. The molecule has 4 atom stereocenters. The first kappa shape index (κ1) is 35.0. The van der Waals surface area contributed by atoms with E-state index in [1.54, 1.807) is 6.92 Å². The summed E-state index contributed by atoms with van der Waals surface area (Å²) in [6.07, 6.45) is 3.62. The van der Waals surface area contributed by atoms with E-state index in [0.717, 1.165) is 36.1 Å². The highest BCUT2D eigenvalue weighted by molar-refractivity contribution is 6.99. The van der Waals surface area contributed by atoms with Gasteiger partial charge in [-0.2, -0.15) is 0 Å². The minimum absolute atomic E-state index is 0.129. The summed E-state index contributed by atoms with van der Waals surface area (Å²) in [7, 11) is -2.98. The first-order valence-electron chi connectivity index (χ1n) is 16.2. The van der Waals surface area contributed by atoms with Crippen LogP contribution >= 0.6 is 0 Å². The Labute approximate surface area is 268 Å². The minimum Gasteiger partial charge on any atom is -0.404 e. The monoisotopic (exact) mass is 637 g/mol. The standard InChI is InChI=1S/C35H51N3O6Si/c1-7-9-21-41-24-35(25-43-45(34(4,5)6,27-17-13-11-14-18-27)28-19-15-12-16-20-28)30(42-22-10-8-2)29(36)32(44-35)38-23-26(3)31(39)37-33(38)40/h11-20,23,29-30,32H,7-10,21-22,24-25,36H2,1-6H3,(H,37,39,40)/t29?,30?,32-,35+/m1/s1. The molecular formula is C35H51N3O6Si. The second-order valence-electron chi connectivity index (χ2n) is 13.1. The van der Waals surface area contributed by atoms with Crippen molar-refractivity contribution in [2.45, 2.75) is 96.2 Å². The van der Waals surface area contributed by atoms with Gasteiger partial charge in [-0.1, -0.05) is 108 Å². The highest BCUT2D eigenvalue weighted by Gasteiger charge is 2.59.